The van der Waals surface area contributed by atoms with Gasteiger partial charge in [-0.3, -0.25) is 4.90 Å². The van der Waals surface area contributed by atoms with Crippen molar-refractivity contribution in [3.63, 3.8) is 0 Å². The molecule has 1 heterocycles. The van der Waals surface area contributed by atoms with E-state index in [0.29, 0.717) is 12.0 Å². The molecular formula is C16H24ClFN2. The molecule has 1 aliphatic heterocycles. The summed E-state index contributed by atoms with van der Waals surface area (Å²) in [6.07, 6.45) is 2.52. The Kier molecular flexibility index (Phi) is 5.82. The van der Waals surface area contributed by atoms with Crippen molar-refractivity contribution in [1.82, 2.24) is 10.2 Å². The Morgan fingerprint density at radius 2 is 2.25 bits per heavy atom. The number of hydrogen-bond acceptors (Lipinski definition) is 2. The van der Waals surface area contributed by atoms with Crippen LogP contribution in [0.1, 0.15) is 32.3 Å². The third-order valence-electron chi connectivity index (χ3n) is 3.65. The lowest BCUT2D eigenvalue weighted by Crippen LogP contribution is -2.38. The summed E-state index contributed by atoms with van der Waals surface area (Å²) in [7, 11) is 0. The monoisotopic (exact) mass is 298 g/mol. The molecule has 0 saturated carbocycles. The second-order valence-corrected chi connectivity index (χ2v) is 6.54. The zero-order valence-electron chi connectivity index (χ0n) is 12.3. The fraction of sp³-hybridized carbons (Fsp3) is 0.625. The quantitative estimate of drug-likeness (QED) is 0.862. The lowest BCUT2D eigenvalue weighted by molar-refractivity contribution is 0.216. The molecule has 1 aliphatic rings. The van der Waals surface area contributed by atoms with Crippen LogP contribution >= 0.6 is 11.6 Å². The molecule has 2 nitrogen and oxygen atoms in total. The molecule has 0 spiro atoms. The summed E-state index contributed by atoms with van der Waals surface area (Å²) in [4.78, 5) is 2.44. The Labute approximate surface area is 126 Å². The number of rotatable bonds is 6. The van der Waals surface area contributed by atoms with Gasteiger partial charge in [0.05, 0.1) is 5.02 Å². The first-order chi connectivity index (χ1) is 9.54. The summed E-state index contributed by atoms with van der Waals surface area (Å²) in [5.74, 6) is 0.274. The third-order valence-corrected chi connectivity index (χ3v) is 3.94. The molecule has 1 unspecified atom stereocenters. The molecule has 0 aliphatic carbocycles. The summed E-state index contributed by atoms with van der Waals surface area (Å²) in [6, 6.07) is 5.62. The van der Waals surface area contributed by atoms with Gasteiger partial charge >= 0.3 is 0 Å². The Balaban J connectivity index is 1.99. The molecule has 0 aromatic heterocycles. The predicted molar refractivity (Wildman–Crippen MR) is 82.5 cm³/mol. The van der Waals surface area contributed by atoms with Crippen molar-refractivity contribution in [2.75, 3.05) is 19.6 Å². The fourth-order valence-electron chi connectivity index (χ4n) is 2.84. The van der Waals surface area contributed by atoms with Crippen molar-refractivity contribution in [3.8, 4) is 0 Å². The first-order valence-electron chi connectivity index (χ1n) is 7.44. The van der Waals surface area contributed by atoms with Gasteiger partial charge in [-0.25, -0.2) is 4.39 Å². The Morgan fingerprint density at radius 3 is 2.85 bits per heavy atom. The van der Waals surface area contributed by atoms with Crippen LogP contribution in [0.3, 0.4) is 0 Å². The molecule has 2 rings (SSSR count). The zero-order valence-corrected chi connectivity index (χ0v) is 13.1. The van der Waals surface area contributed by atoms with Gasteiger partial charge in [-0.2, -0.15) is 0 Å². The van der Waals surface area contributed by atoms with Crippen LogP contribution in [0.4, 0.5) is 4.39 Å². The average molecular weight is 299 g/mol. The van der Waals surface area contributed by atoms with E-state index in [1.165, 1.54) is 18.9 Å². The van der Waals surface area contributed by atoms with E-state index < -0.39 is 0 Å². The third kappa shape index (κ3) is 4.72. The molecule has 0 bridgehead atoms. The van der Waals surface area contributed by atoms with Crippen LogP contribution in [0.15, 0.2) is 18.2 Å². The standard InChI is InChI=1S/C16H24ClFN2/c1-12(2)9-20(11-14-4-3-7-19-14)10-13-5-6-16(18)15(17)8-13/h5-6,8,12,14,19H,3-4,7,9-11H2,1-2H3. The molecule has 1 atom stereocenters. The van der Waals surface area contributed by atoms with Crippen LogP contribution < -0.4 is 5.32 Å². The van der Waals surface area contributed by atoms with Gasteiger partial charge in [0.15, 0.2) is 0 Å². The van der Waals surface area contributed by atoms with Gasteiger partial charge in [-0.1, -0.05) is 31.5 Å². The highest BCUT2D eigenvalue weighted by atomic mass is 35.5. The minimum absolute atomic E-state index is 0.214. The second-order valence-electron chi connectivity index (χ2n) is 6.13. The minimum atomic E-state index is -0.344. The van der Waals surface area contributed by atoms with Gasteiger partial charge in [0.25, 0.3) is 0 Å². The first-order valence-corrected chi connectivity index (χ1v) is 7.82. The van der Waals surface area contributed by atoms with E-state index in [0.717, 1.165) is 31.7 Å². The smallest absolute Gasteiger partial charge is 0.141 e. The maximum atomic E-state index is 13.2. The molecule has 112 valence electrons. The molecule has 1 aromatic rings. The highest BCUT2D eigenvalue weighted by Gasteiger charge is 2.19. The Bertz CT molecular complexity index is 430. The van der Waals surface area contributed by atoms with Crippen LogP contribution in [0.25, 0.3) is 0 Å². The van der Waals surface area contributed by atoms with Crippen molar-refractivity contribution >= 4 is 11.6 Å². The molecule has 1 N–H and O–H groups in total. The Hall–Kier alpha value is -0.640. The first kappa shape index (κ1) is 15.7. The van der Waals surface area contributed by atoms with Gasteiger partial charge in [0, 0.05) is 25.7 Å². The van der Waals surface area contributed by atoms with Crippen LogP contribution in [-0.2, 0) is 6.54 Å². The van der Waals surface area contributed by atoms with E-state index in [-0.39, 0.29) is 10.8 Å². The van der Waals surface area contributed by atoms with Gasteiger partial charge in [-0.15, -0.1) is 0 Å². The molecule has 1 aromatic carbocycles. The normalized spacial score (nSPS) is 19.2. The molecule has 1 saturated heterocycles. The van der Waals surface area contributed by atoms with E-state index >= 15 is 0 Å². The number of nitrogens with zero attached hydrogens (tertiary/aromatic N) is 1. The van der Waals surface area contributed by atoms with Crippen molar-refractivity contribution in [2.45, 2.75) is 39.3 Å². The van der Waals surface area contributed by atoms with E-state index in [4.69, 9.17) is 11.6 Å². The van der Waals surface area contributed by atoms with Crippen molar-refractivity contribution in [2.24, 2.45) is 5.92 Å². The second kappa shape index (κ2) is 7.39. The van der Waals surface area contributed by atoms with E-state index in [1.807, 2.05) is 6.07 Å². The van der Waals surface area contributed by atoms with Gasteiger partial charge in [-0.05, 0) is 43.0 Å². The maximum Gasteiger partial charge on any atom is 0.141 e. The minimum Gasteiger partial charge on any atom is -0.313 e. The molecule has 20 heavy (non-hydrogen) atoms. The van der Waals surface area contributed by atoms with Gasteiger partial charge in [0.2, 0.25) is 0 Å². The Morgan fingerprint density at radius 1 is 1.45 bits per heavy atom. The summed E-state index contributed by atoms with van der Waals surface area (Å²) >= 11 is 5.87. The topological polar surface area (TPSA) is 15.3 Å². The van der Waals surface area contributed by atoms with Crippen LogP contribution in [0, 0.1) is 11.7 Å². The summed E-state index contributed by atoms with van der Waals surface area (Å²) < 4.78 is 13.2. The zero-order chi connectivity index (χ0) is 14.5. The fourth-order valence-corrected chi connectivity index (χ4v) is 3.04. The number of benzene rings is 1. The average Bonchev–Trinajstić information content (AvgIpc) is 2.86. The van der Waals surface area contributed by atoms with Gasteiger partial charge < -0.3 is 5.32 Å². The molecule has 0 amide bonds. The number of hydrogen-bond donors (Lipinski definition) is 1. The maximum absolute atomic E-state index is 13.2. The highest BCUT2D eigenvalue weighted by Crippen LogP contribution is 2.18. The predicted octanol–water partition coefficient (Wildman–Crippen LogP) is 3.69. The summed E-state index contributed by atoms with van der Waals surface area (Å²) in [6.45, 7) is 8.51. The largest absolute Gasteiger partial charge is 0.313 e. The van der Waals surface area contributed by atoms with E-state index in [2.05, 4.69) is 24.1 Å². The lowest BCUT2D eigenvalue weighted by atomic mass is 10.1. The van der Waals surface area contributed by atoms with Crippen molar-refractivity contribution < 1.29 is 4.39 Å². The van der Waals surface area contributed by atoms with E-state index in [1.54, 1.807) is 6.07 Å². The summed E-state index contributed by atoms with van der Waals surface area (Å²) in [5.41, 5.74) is 1.08. The van der Waals surface area contributed by atoms with Crippen LogP contribution in [0.2, 0.25) is 5.02 Å². The summed E-state index contributed by atoms with van der Waals surface area (Å²) in [5, 5.41) is 3.75. The SMILES string of the molecule is CC(C)CN(Cc1ccc(F)c(Cl)c1)CC1CCCN1. The van der Waals surface area contributed by atoms with Crippen molar-refractivity contribution in [1.29, 1.82) is 0 Å². The number of halogens is 2. The lowest BCUT2D eigenvalue weighted by Gasteiger charge is -2.27. The molecule has 4 heteroatoms. The molecule has 1 fully saturated rings. The molecule has 0 radical (unpaired) electrons. The van der Waals surface area contributed by atoms with Crippen LogP contribution in [-0.4, -0.2) is 30.6 Å². The highest BCUT2D eigenvalue weighted by molar-refractivity contribution is 6.30. The molecular weight excluding hydrogens is 275 g/mol. The van der Waals surface area contributed by atoms with Crippen molar-refractivity contribution in [3.05, 3.63) is 34.6 Å². The number of nitrogens with one attached hydrogen (secondary N) is 1. The van der Waals surface area contributed by atoms with Gasteiger partial charge in [0.1, 0.15) is 5.82 Å². The van der Waals surface area contributed by atoms with E-state index in [9.17, 15) is 4.39 Å². The van der Waals surface area contributed by atoms with Crippen LogP contribution in [0.5, 0.6) is 0 Å².